The van der Waals surface area contributed by atoms with Crippen molar-refractivity contribution in [2.24, 2.45) is 0 Å². The predicted octanol–water partition coefficient (Wildman–Crippen LogP) is 4.57. The van der Waals surface area contributed by atoms with Gasteiger partial charge in [-0.1, -0.05) is 33.6 Å². The number of ether oxygens (including phenoxy) is 1. The van der Waals surface area contributed by atoms with Crippen LogP contribution in [0.25, 0.3) is 0 Å². The third-order valence-electron chi connectivity index (χ3n) is 2.63. The lowest BCUT2D eigenvalue weighted by Crippen LogP contribution is -2.00. The fourth-order valence-corrected chi connectivity index (χ4v) is 1.99. The lowest BCUT2D eigenvalue weighted by atomic mass is 10.2. The van der Waals surface area contributed by atoms with Gasteiger partial charge in [-0.3, -0.25) is 0 Å². The van der Waals surface area contributed by atoms with Crippen LogP contribution in [0.5, 0.6) is 5.75 Å². The van der Waals surface area contributed by atoms with Gasteiger partial charge in [-0.05, 0) is 42.8 Å². The van der Waals surface area contributed by atoms with E-state index in [9.17, 15) is 0 Å². The van der Waals surface area contributed by atoms with Crippen LogP contribution in [0, 0.1) is 6.92 Å². The zero-order valence-electron chi connectivity index (χ0n) is 9.91. The number of hydrogen-bond acceptors (Lipinski definition) is 2. The second-order valence-electron chi connectivity index (χ2n) is 4.04. The summed E-state index contributed by atoms with van der Waals surface area (Å²) >= 11 is 9.30. The third kappa shape index (κ3) is 3.18. The van der Waals surface area contributed by atoms with Gasteiger partial charge in [-0.25, -0.2) is 0 Å². The summed E-state index contributed by atoms with van der Waals surface area (Å²) in [7, 11) is 0. The Labute approximate surface area is 120 Å². The summed E-state index contributed by atoms with van der Waals surface area (Å²) in [4.78, 5) is 0. The van der Waals surface area contributed by atoms with Gasteiger partial charge in [0.2, 0.25) is 0 Å². The molecule has 0 heterocycles. The Morgan fingerprint density at radius 1 is 1.22 bits per heavy atom. The molecule has 0 aliphatic heterocycles. The molecule has 0 saturated heterocycles. The van der Waals surface area contributed by atoms with Gasteiger partial charge in [0.25, 0.3) is 0 Å². The number of halogens is 2. The molecule has 0 unspecified atom stereocenters. The lowest BCUT2D eigenvalue weighted by molar-refractivity contribution is 0.306. The number of hydrogen-bond donors (Lipinski definition) is 1. The number of nitrogen functional groups attached to an aromatic ring is 1. The molecule has 0 amide bonds. The zero-order valence-corrected chi connectivity index (χ0v) is 12.3. The Kier molecular flexibility index (Phi) is 4.15. The van der Waals surface area contributed by atoms with E-state index in [1.165, 1.54) is 0 Å². The molecular formula is C14H13BrClNO. The van der Waals surface area contributed by atoms with E-state index in [1.807, 2.05) is 37.3 Å². The van der Waals surface area contributed by atoms with Crippen molar-refractivity contribution in [1.29, 1.82) is 0 Å². The quantitative estimate of drug-likeness (QED) is 0.838. The summed E-state index contributed by atoms with van der Waals surface area (Å²) in [6.45, 7) is 2.46. The average molecular weight is 327 g/mol. The second kappa shape index (κ2) is 5.63. The standard InChI is InChI=1S/C14H13BrClNO/c1-9-6-12(4-5-13(9)15)18-8-10-2-3-11(16)7-14(10)17/h2-7H,8,17H2,1H3. The first-order chi connectivity index (χ1) is 8.56. The summed E-state index contributed by atoms with van der Waals surface area (Å²) in [6, 6.07) is 11.3. The fraction of sp³-hybridized carbons (Fsp3) is 0.143. The molecule has 2 rings (SSSR count). The van der Waals surface area contributed by atoms with Crippen LogP contribution in [-0.2, 0) is 6.61 Å². The number of nitrogens with two attached hydrogens (primary N) is 1. The van der Waals surface area contributed by atoms with Crippen LogP contribution in [0.15, 0.2) is 40.9 Å². The van der Waals surface area contributed by atoms with Crippen molar-refractivity contribution in [3.05, 3.63) is 57.0 Å². The number of aryl methyl sites for hydroxylation is 1. The molecule has 0 aliphatic rings. The van der Waals surface area contributed by atoms with Crippen LogP contribution in [0.1, 0.15) is 11.1 Å². The van der Waals surface area contributed by atoms with E-state index in [1.54, 1.807) is 6.07 Å². The fourth-order valence-electron chi connectivity index (χ4n) is 1.57. The maximum absolute atomic E-state index is 5.87. The summed E-state index contributed by atoms with van der Waals surface area (Å²) in [5.41, 5.74) is 8.58. The van der Waals surface area contributed by atoms with Gasteiger partial charge in [-0.2, -0.15) is 0 Å². The zero-order chi connectivity index (χ0) is 13.1. The molecule has 2 aromatic carbocycles. The first-order valence-electron chi connectivity index (χ1n) is 5.49. The van der Waals surface area contributed by atoms with E-state index in [-0.39, 0.29) is 0 Å². The minimum absolute atomic E-state index is 0.435. The van der Waals surface area contributed by atoms with Crippen LogP contribution in [0.3, 0.4) is 0 Å². The minimum Gasteiger partial charge on any atom is -0.489 e. The van der Waals surface area contributed by atoms with Crippen molar-refractivity contribution in [1.82, 2.24) is 0 Å². The van der Waals surface area contributed by atoms with Crippen LogP contribution in [-0.4, -0.2) is 0 Å². The highest BCUT2D eigenvalue weighted by Crippen LogP contribution is 2.24. The molecule has 4 heteroatoms. The molecule has 0 radical (unpaired) electrons. The monoisotopic (exact) mass is 325 g/mol. The van der Waals surface area contributed by atoms with Gasteiger partial charge < -0.3 is 10.5 Å². The minimum atomic E-state index is 0.435. The summed E-state index contributed by atoms with van der Waals surface area (Å²) < 4.78 is 6.77. The van der Waals surface area contributed by atoms with Gasteiger partial charge in [-0.15, -0.1) is 0 Å². The smallest absolute Gasteiger partial charge is 0.120 e. The van der Waals surface area contributed by atoms with Crippen molar-refractivity contribution >= 4 is 33.2 Å². The molecular weight excluding hydrogens is 314 g/mol. The van der Waals surface area contributed by atoms with E-state index >= 15 is 0 Å². The molecule has 0 aliphatic carbocycles. The molecule has 2 aromatic rings. The second-order valence-corrected chi connectivity index (χ2v) is 5.33. The average Bonchev–Trinajstić information content (AvgIpc) is 2.32. The van der Waals surface area contributed by atoms with Crippen LogP contribution in [0.2, 0.25) is 5.02 Å². The van der Waals surface area contributed by atoms with E-state index in [0.29, 0.717) is 17.3 Å². The van der Waals surface area contributed by atoms with Crippen molar-refractivity contribution in [2.45, 2.75) is 13.5 Å². The molecule has 94 valence electrons. The van der Waals surface area contributed by atoms with Gasteiger partial charge in [0.1, 0.15) is 12.4 Å². The van der Waals surface area contributed by atoms with Crippen LogP contribution in [0.4, 0.5) is 5.69 Å². The normalized spacial score (nSPS) is 10.4. The van der Waals surface area contributed by atoms with Crippen molar-refractivity contribution in [2.75, 3.05) is 5.73 Å². The van der Waals surface area contributed by atoms with E-state index in [4.69, 9.17) is 22.1 Å². The highest BCUT2D eigenvalue weighted by Gasteiger charge is 2.03. The van der Waals surface area contributed by atoms with Crippen molar-refractivity contribution < 1.29 is 4.74 Å². The Morgan fingerprint density at radius 3 is 2.67 bits per heavy atom. The summed E-state index contributed by atoms with van der Waals surface area (Å²) in [6.07, 6.45) is 0. The molecule has 0 fully saturated rings. The SMILES string of the molecule is Cc1cc(OCc2ccc(Cl)cc2N)ccc1Br. The van der Waals surface area contributed by atoms with Gasteiger partial charge >= 0.3 is 0 Å². The highest BCUT2D eigenvalue weighted by atomic mass is 79.9. The maximum atomic E-state index is 5.87. The summed E-state index contributed by atoms with van der Waals surface area (Å²) in [5, 5.41) is 0.635. The van der Waals surface area contributed by atoms with Gasteiger partial charge in [0, 0.05) is 20.7 Å². The van der Waals surface area contributed by atoms with Crippen molar-refractivity contribution in [3.63, 3.8) is 0 Å². The van der Waals surface area contributed by atoms with Gasteiger partial charge in [0.15, 0.2) is 0 Å². The summed E-state index contributed by atoms with van der Waals surface area (Å²) in [5.74, 6) is 0.824. The molecule has 0 saturated carbocycles. The Morgan fingerprint density at radius 2 is 2.00 bits per heavy atom. The maximum Gasteiger partial charge on any atom is 0.120 e. The molecule has 2 nitrogen and oxygen atoms in total. The van der Waals surface area contributed by atoms with Crippen LogP contribution >= 0.6 is 27.5 Å². The molecule has 0 aromatic heterocycles. The van der Waals surface area contributed by atoms with E-state index in [0.717, 1.165) is 21.3 Å². The largest absolute Gasteiger partial charge is 0.489 e. The molecule has 0 atom stereocenters. The third-order valence-corrected chi connectivity index (χ3v) is 3.76. The van der Waals surface area contributed by atoms with Crippen molar-refractivity contribution in [3.8, 4) is 5.75 Å². The number of anilines is 1. The molecule has 2 N–H and O–H groups in total. The first-order valence-corrected chi connectivity index (χ1v) is 6.66. The molecule has 18 heavy (non-hydrogen) atoms. The topological polar surface area (TPSA) is 35.2 Å². The van der Waals surface area contributed by atoms with Crippen LogP contribution < -0.4 is 10.5 Å². The number of benzene rings is 2. The van der Waals surface area contributed by atoms with E-state index in [2.05, 4.69) is 15.9 Å². The Balaban J connectivity index is 2.09. The first kappa shape index (κ1) is 13.2. The van der Waals surface area contributed by atoms with E-state index < -0.39 is 0 Å². The lowest BCUT2D eigenvalue weighted by Gasteiger charge is -2.10. The van der Waals surface area contributed by atoms with Gasteiger partial charge in [0.05, 0.1) is 0 Å². The molecule has 0 spiro atoms. The Bertz CT molecular complexity index is 572. The highest BCUT2D eigenvalue weighted by molar-refractivity contribution is 9.10. The Hall–Kier alpha value is -1.19. The predicted molar refractivity (Wildman–Crippen MR) is 79.1 cm³/mol. The molecule has 0 bridgehead atoms. The number of rotatable bonds is 3.